The number of nitrogens with zero attached hydrogens (tertiary/aromatic N) is 1. The molecule has 1 aromatic rings. The summed E-state index contributed by atoms with van der Waals surface area (Å²) >= 11 is 0. The van der Waals surface area contributed by atoms with Gasteiger partial charge in [-0.25, -0.2) is 0 Å². The van der Waals surface area contributed by atoms with Crippen LogP contribution in [0.1, 0.15) is 39.7 Å². The van der Waals surface area contributed by atoms with E-state index in [1.807, 2.05) is 45.0 Å². The Balaban J connectivity index is 2.42. The Hall–Kier alpha value is -2.04. The summed E-state index contributed by atoms with van der Waals surface area (Å²) in [6, 6.07) is 7.57. The van der Waals surface area contributed by atoms with Gasteiger partial charge in [-0.05, 0) is 58.2 Å². The molecule has 0 spiro atoms. The highest BCUT2D eigenvalue weighted by Crippen LogP contribution is 2.13. The molecule has 0 heterocycles. The molecule has 5 heteroatoms. The van der Waals surface area contributed by atoms with Crippen molar-refractivity contribution in [1.29, 1.82) is 0 Å². The third-order valence-corrected chi connectivity index (χ3v) is 2.75. The number of carbonyl (C=O) groups is 1. The van der Waals surface area contributed by atoms with E-state index in [1.165, 1.54) is 0 Å². The van der Waals surface area contributed by atoms with Crippen molar-refractivity contribution in [2.75, 3.05) is 6.61 Å². The van der Waals surface area contributed by atoms with Crippen LogP contribution in [0.3, 0.4) is 0 Å². The van der Waals surface area contributed by atoms with Gasteiger partial charge in [0.2, 0.25) is 0 Å². The normalized spacial score (nSPS) is 12.1. The van der Waals surface area contributed by atoms with Gasteiger partial charge in [0.25, 0.3) is 5.91 Å². The van der Waals surface area contributed by atoms with E-state index in [-0.39, 0.29) is 18.1 Å². The second-order valence-electron chi connectivity index (χ2n) is 6.07. The van der Waals surface area contributed by atoms with Gasteiger partial charge in [-0.2, -0.15) is 0 Å². The van der Waals surface area contributed by atoms with E-state index < -0.39 is 0 Å². The van der Waals surface area contributed by atoms with Crippen LogP contribution in [0.5, 0.6) is 5.75 Å². The van der Waals surface area contributed by atoms with Gasteiger partial charge >= 0.3 is 0 Å². The standard InChI is InChI=1S/C16H24N2O3/c1-12(18-20)5-6-13-7-9-14(10-8-13)21-11-15(19)17-16(2,3)4/h7-10,20H,5-6,11H2,1-4H3,(H,17,19)/b18-12+. The highest BCUT2D eigenvalue weighted by molar-refractivity contribution is 5.81. The minimum atomic E-state index is -0.254. The van der Waals surface area contributed by atoms with Crippen LogP contribution in [0.15, 0.2) is 29.4 Å². The summed E-state index contributed by atoms with van der Waals surface area (Å²) in [5.41, 5.74) is 1.58. The number of hydrogen-bond donors (Lipinski definition) is 2. The molecule has 0 fully saturated rings. The molecular weight excluding hydrogens is 268 g/mol. The van der Waals surface area contributed by atoms with Crippen molar-refractivity contribution in [3.63, 3.8) is 0 Å². The van der Waals surface area contributed by atoms with E-state index in [9.17, 15) is 4.79 Å². The average molecular weight is 292 g/mol. The highest BCUT2D eigenvalue weighted by Gasteiger charge is 2.13. The van der Waals surface area contributed by atoms with Crippen molar-refractivity contribution in [2.24, 2.45) is 5.16 Å². The molecule has 0 aromatic heterocycles. The van der Waals surface area contributed by atoms with Crippen LogP contribution in [0, 0.1) is 0 Å². The van der Waals surface area contributed by atoms with Gasteiger partial charge in [0, 0.05) is 5.54 Å². The average Bonchev–Trinajstić information content (AvgIpc) is 2.41. The molecule has 0 saturated carbocycles. The zero-order chi connectivity index (χ0) is 15.9. The number of rotatable bonds is 6. The number of carbonyl (C=O) groups excluding carboxylic acids is 1. The van der Waals surface area contributed by atoms with E-state index in [0.29, 0.717) is 17.9 Å². The minimum absolute atomic E-state index is 0.00684. The Labute approximate surface area is 126 Å². The summed E-state index contributed by atoms with van der Waals surface area (Å²) < 4.78 is 5.44. The minimum Gasteiger partial charge on any atom is -0.484 e. The first-order valence-electron chi connectivity index (χ1n) is 7.00. The number of aryl methyl sites for hydroxylation is 1. The Kier molecular flexibility index (Phi) is 6.21. The summed E-state index contributed by atoms with van der Waals surface area (Å²) in [5.74, 6) is 0.525. The first-order valence-corrected chi connectivity index (χ1v) is 7.00. The Bertz CT molecular complexity index is 487. The molecule has 1 amide bonds. The van der Waals surface area contributed by atoms with Crippen LogP contribution in [-0.4, -0.2) is 29.0 Å². The molecule has 0 aliphatic carbocycles. The third kappa shape index (κ3) is 7.34. The molecule has 1 aromatic carbocycles. The van der Waals surface area contributed by atoms with E-state index in [1.54, 1.807) is 6.92 Å². The summed E-state index contributed by atoms with van der Waals surface area (Å²) in [4.78, 5) is 11.6. The molecule has 5 nitrogen and oxygen atoms in total. The Morgan fingerprint density at radius 2 is 1.90 bits per heavy atom. The number of benzene rings is 1. The molecule has 0 bridgehead atoms. The smallest absolute Gasteiger partial charge is 0.258 e. The summed E-state index contributed by atoms with van der Waals surface area (Å²) in [5, 5.41) is 14.6. The molecule has 2 N–H and O–H groups in total. The van der Waals surface area contributed by atoms with Crippen molar-refractivity contribution in [3.8, 4) is 5.75 Å². The summed E-state index contributed by atoms with van der Waals surface area (Å²) in [7, 11) is 0. The van der Waals surface area contributed by atoms with Gasteiger partial charge in [0.1, 0.15) is 5.75 Å². The van der Waals surface area contributed by atoms with Crippen LogP contribution in [0.2, 0.25) is 0 Å². The van der Waals surface area contributed by atoms with E-state index in [0.717, 1.165) is 12.0 Å². The molecule has 0 aliphatic rings. The van der Waals surface area contributed by atoms with Crippen LogP contribution < -0.4 is 10.1 Å². The van der Waals surface area contributed by atoms with Crippen molar-refractivity contribution in [2.45, 2.75) is 46.1 Å². The van der Waals surface area contributed by atoms with Crippen LogP contribution >= 0.6 is 0 Å². The predicted molar refractivity (Wildman–Crippen MR) is 83.0 cm³/mol. The predicted octanol–water partition coefficient (Wildman–Crippen LogP) is 2.76. The lowest BCUT2D eigenvalue weighted by Crippen LogP contribution is -2.43. The highest BCUT2D eigenvalue weighted by atomic mass is 16.5. The fourth-order valence-corrected chi connectivity index (χ4v) is 1.73. The van der Waals surface area contributed by atoms with Crippen LogP contribution in [-0.2, 0) is 11.2 Å². The molecule has 21 heavy (non-hydrogen) atoms. The third-order valence-electron chi connectivity index (χ3n) is 2.75. The fourth-order valence-electron chi connectivity index (χ4n) is 1.73. The van der Waals surface area contributed by atoms with Crippen molar-refractivity contribution in [1.82, 2.24) is 5.32 Å². The number of amides is 1. The monoisotopic (exact) mass is 292 g/mol. The lowest BCUT2D eigenvalue weighted by atomic mass is 10.1. The first kappa shape index (κ1) is 17.0. The SMILES string of the molecule is C/C(CCc1ccc(OCC(=O)NC(C)(C)C)cc1)=N\O. The van der Waals surface area contributed by atoms with Gasteiger partial charge in [0.05, 0.1) is 5.71 Å². The van der Waals surface area contributed by atoms with E-state index >= 15 is 0 Å². The van der Waals surface area contributed by atoms with Gasteiger partial charge in [-0.1, -0.05) is 17.3 Å². The molecule has 0 radical (unpaired) electrons. The Morgan fingerprint density at radius 1 is 1.29 bits per heavy atom. The van der Waals surface area contributed by atoms with E-state index in [2.05, 4.69) is 10.5 Å². The van der Waals surface area contributed by atoms with Crippen LogP contribution in [0.25, 0.3) is 0 Å². The maximum atomic E-state index is 11.6. The van der Waals surface area contributed by atoms with Gasteiger partial charge < -0.3 is 15.3 Å². The molecule has 0 unspecified atom stereocenters. The largest absolute Gasteiger partial charge is 0.484 e. The first-order chi connectivity index (χ1) is 9.80. The number of oxime groups is 1. The topological polar surface area (TPSA) is 70.9 Å². The quantitative estimate of drug-likeness (QED) is 0.481. The zero-order valence-electron chi connectivity index (χ0n) is 13.1. The molecular formula is C16H24N2O3. The van der Waals surface area contributed by atoms with Gasteiger partial charge in [0.15, 0.2) is 6.61 Å². The second-order valence-corrected chi connectivity index (χ2v) is 6.07. The summed E-state index contributed by atoms with van der Waals surface area (Å²) in [6.07, 6.45) is 1.52. The summed E-state index contributed by atoms with van der Waals surface area (Å²) in [6.45, 7) is 7.57. The maximum absolute atomic E-state index is 11.6. The molecule has 116 valence electrons. The van der Waals surface area contributed by atoms with Crippen molar-refractivity contribution >= 4 is 11.6 Å². The number of hydrogen-bond acceptors (Lipinski definition) is 4. The fraction of sp³-hybridized carbons (Fsp3) is 0.500. The second kappa shape index (κ2) is 7.67. The maximum Gasteiger partial charge on any atom is 0.258 e. The molecule has 1 rings (SSSR count). The Morgan fingerprint density at radius 3 is 2.43 bits per heavy atom. The van der Waals surface area contributed by atoms with Crippen molar-refractivity contribution < 1.29 is 14.7 Å². The number of ether oxygens (including phenoxy) is 1. The molecule has 0 aliphatic heterocycles. The molecule has 0 saturated heterocycles. The van der Waals surface area contributed by atoms with Crippen LogP contribution in [0.4, 0.5) is 0 Å². The van der Waals surface area contributed by atoms with Crippen molar-refractivity contribution in [3.05, 3.63) is 29.8 Å². The van der Waals surface area contributed by atoms with Gasteiger partial charge in [-0.15, -0.1) is 0 Å². The zero-order valence-corrected chi connectivity index (χ0v) is 13.1. The number of nitrogens with one attached hydrogen (secondary N) is 1. The lowest BCUT2D eigenvalue weighted by molar-refractivity contribution is -0.124. The van der Waals surface area contributed by atoms with E-state index in [4.69, 9.17) is 9.94 Å². The molecule has 0 atom stereocenters. The van der Waals surface area contributed by atoms with Gasteiger partial charge in [-0.3, -0.25) is 4.79 Å². The lowest BCUT2D eigenvalue weighted by Gasteiger charge is -2.20.